The summed E-state index contributed by atoms with van der Waals surface area (Å²) < 4.78 is 10.3. The van der Waals surface area contributed by atoms with Crippen molar-refractivity contribution in [3.63, 3.8) is 0 Å². The maximum atomic E-state index is 12.5. The standard InChI is InChI=1S/C18H18N4O4/c1-4-26-18(24)14-12(22-19)10-13(25-3)15(16(14)20-2)21-17(23)11-8-6-5-7-9-11/h5-10,19H,4H2,1-3H3/p+1. The van der Waals surface area contributed by atoms with Gasteiger partial charge in [-0.15, -0.1) is 0 Å². The summed E-state index contributed by atoms with van der Waals surface area (Å²) in [6.07, 6.45) is 0. The average molecular weight is 355 g/mol. The number of rotatable bonds is 6. The third kappa shape index (κ3) is 3.72. The van der Waals surface area contributed by atoms with Crippen molar-refractivity contribution in [3.05, 3.63) is 52.5 Å². The number of nitrogens with one attached hydrogen (secondary N) is 2. The summed E-state index contributed by atoms with van der Waals surface area (Å²) in [4.78, 5) is 28.0. The third-order valence-electron chi connectivity index (χ3n) is 3.60. The second kappa shape index (κ2) is 8.48. The largest absolute Gasteiger partial charge is 0.494 e. The van der Waals surface area contributed by atoms with E-state index < -0.39 is 5.97 Å². The molecule has 2 N–H and O–H groups in total. The molecule has 0 fully saturated rings. The van der Waals surface area contributed by atoms with E-state index in [1.807, 2.05) is 0 Å². The Labute approximate surface area is 150 Å². The second-order valence-corrected chi connectivity index (χ2v) is 5.11. The van der Waals surface area contributed by atoms with Crippen molar-refractivity contribution in [1.29, 1.82) is 5.39 Å². The predicted molar refractivity (Wildman–Crippen MR) is 97.6 cm³/mol. The topological polar surface area (TPSA) is 105 Å². The molecule has 134 valence electrons. The van der Waals surface area contributed by atoms with Gasteiger partial charge in [0.25, 0.3) is 5.91 Å². The van der Waals surface area contributed by atoms with Crippen LogP contribution in [0.5, 0.6) is 5.75 Å². The van der Waals surface area contributed by atoms with Crippen LogP contribution in [0.2, 0.25) is 0 Å². The zero-order chi connectivity index (χ0) is 19.1. The summed E-state index contributed by atoms with van der Waals surface area (Å²) in [5, 5.41) is 14.8. The van der Waals surface area contributed by atoms with E-state index in [1.54, 1.807) is 44.3 Å². The van der Waals surface area contributed by atoms with Crippen molar-refractivity contribution in [1.82, 2.24) is 0 Å². The summed E-state index contributed by atoms with van der Waals surface area (Å²) in [7, 11) is 2.97. The Morgan fingerprint density at radius 2 is 1.88 bits per heavy atom. The van der Waals surface area contributed by atoms with Gasteiger partial charge in [0.2, 0.25) is 5.39 Å². The number of ether oxygens (including phenoxy) is 2. The maximum Gasteiger partial charge on any atom is 0.405 e. The van der Waals surface area contributed by atoms with Crippen LogP contribution in [0.4, 0.5) is 17.1 Å². The van der Waals surface area contributed by atoms with E-state index in [2.05, 4.69) is 15.6 Å². The first kappa shape index (κ1) is 18.7. The fraction of sp³-hybridized carbons (Fsp3) is 0.222. The van der Waals surface area contributed by atoms with Gasteiger partial charge < -0.3 is 20.1 Å². The van der Waals surface area contributed by atoms with Gasteiger partial charge in [0.1, 0.15) is 5.69 Å². The molecule has 2 rings (SSSR count). The molecule has 2 aromatic carbocycles. The van der Waals surface area contributed by atoms with Crippen molar-refractivity contribution in [2.24, 2.45) is 0 Å². The highest BCUT2D eigenvalue weighted by Gasteiger charge is 2.32. The molecule has 0 aliphatic rings. The van der Waals surface area contributed by atoms with E-state index in [9.17, 15) is 15.0 Å². The first-order chi connectivity index (χ1) is 12.6. The number of hydrogen-bond acceptors (Lipinski definition) is 6. The van der Waals surface area contributed by atoms with Gasteiger partial charge in [-0.05, 0) is 19.1 Å². The first-order valence-corrected chi connectivity index (χ1v) is 7.88. The van der Waals surface area contributed by atoms with Gasteiger partial charge >= 0.3 is 11.7 Å². The number of esters is 1. The number of hydrogen-bond donors (Lipinski definition) is 2. The molecule has 0 aromatic heterocycles. The van der Waals surface area contributed by atoms with E-state index in [0.29, 0.717) is 5.56 Å². The zero-order valence-electron chi connectivity index (χ0n) is 14.7. The Hall–Kier alpha value is -3.60. The Morgan fingerprint density at radius 1 is 1.19 bits per heavy atom. The molecule has 0 aliphatic carbocycles. The minimum atomic E-state index is -0.692. The second-order valence-electron chi connectivity index (χ2n) is 5.11. The van der Waals surface area contributed by atoms with Crippen LogP contribution in [0.1, 0.15) is 27.6 Å². The normalized spacial score (nSPS) is 9.77. The van der Waals surface area contributed by atoms with Crippen LogP contribution in [-0.2, 0) is 4.74 Å². The molecule has 0 atom stereocenters. The lowest BCUT2D eigenvalue weighted by Crippen LogP contribution is -2.16. The number of anilines is 2. The molecule has 0 unspecified atom stereocenters. The summed E-state index contributed by atoms with van der Waals surface area (Å²) in [6.45, 7) is 1.80. The van der Waals surface area contributed by atoms with Crippen LogP contribution >= 0.6 is 0 Å². The highest BCUT2D eigenvalue weighted by molar-refractivity contribution is 6.12. The average Bonchev–Trinajstić information content (AvgIpc) is 2.67. The van der Waals surface area contributed by atoms with Crippen LogP contribution in [0.3, 0.4) is 0 Å². The van der Waals surface area contributed by atoms with Crippen molar-refractivity contribution >= 4 is 28.9 Å². The highest BCUT2D eigenvalue weighted by Crippen LogP contribution is 2.42. The third-order valence-corrected chi connectivity index (χ3v) is 3.60. The Balaban J connectivity index is 2.60. The zero-order valence-corrected chi connectivity index (χ0v) is 14.7. The SMILES string of the molecule is CCOC(=O)c1c([N+]#N)cc(OC)c(NC(=O)c2ccccc2)c1NC. The highest BCUT2D eigenvalue weighted by atomic mass is 16.5. The summed E-state index contributed by atoms with van der Waals surface area (Å²) >= 11 is 0. The molecule has 8 heteroatoms. The minimum absolute atomic E-state index is 0.0130. The van der Waals surface area contributed by atoms with Crippen LogP contribution in [-0.4, -0.2) is 32.6 Å². The Bertz CT molecular complexity index is 860. The number of methoxy groups -OCH3 is 1. The number of benzene rings is 2. The van der Waals surface area contributed by atoms with Gasteiger partial charge in [0.05, 0.1) is 25.5 Å². The lowest BCUT2D eigenvalue weighted by atomic mass is 10.1. The van der Waals surface area contributed by atoms with E-state index in [1.165, 1.54) is 13.2 Å². The van der Waals surface area contributed by atoms with E-state index >= 15 is 0 Å². The number of amides is 1. The van der Waals surface area contributed by atoms with Gasteiger partial charge in [-0.3, -0.25) is 4.79 Å². The van der Waals surface area contributed by atoms with Crippen LogP contribution < -0.4 is 15.4 Å². The van der Waals surface area contributed by atoms with Gasteiger partial charge in [-0.2, -0.15) is 0 Å². The van der Waals surface area contributed by atoms with Crippen molar-refractivity contribution in [2.75, 3.05) is 31.4 Å². The fourth-order valence-corrected chi connectivity index (χ4v) is 2.44. The van der Waals surface area contributed by atoms with Crippen LogP contribution in [0, 0.1) is 5.39 Å². The number of carbonyl (C=O) groups is 2. The van der Waals surface area contributed by atoms with E-state index in [0.717, 1.165) is 0 Å². The monoisotopic (exact) mass is 355 g/mol. The van der Waals surface area contributed by atoms with Crippen molar-refractivity contribution in [3.8, 4) is 5.75 Å². The summed E-state index contributed by atoms with van der Waals surface area (Å²) in [5.41, 5.74) is 0.841. The first-order valence-electron chi connectivity index (χ1n) is 7.88. The van der Waals surface area contributed by atoms with Gasteiger partial charge in [-0.1, -0.05) is 18.2 Å². The molecule has 0 radical (unpaired) electrons. The summed E-state index contributed by atoms with van der Waals surface area (Å²) in [5.74, 6) is -0.856. The van der Waals surface area contributed by atoms with E-state index in [4.69, 9.17) is 9.47 Å². The number of diazo groups is 1. The van der Waals surface area contributed by atoms with Crippen molar-refractivity contribution in [2.45, 2.75) is 6.92 Å². The lowest BCUT2D eigenvalue weighted by molar-refractivity contribution is 0.0528. The molecule has 0 bridgehead atoms. The van der Waals surface area contributed by atoms with Gasteiger partial charge in [0, 0.05) is 12.6 Å². The molecule has 8 nitrogen and oxygen atoms in total. The fourth-order valence-electron chi connectivity index (χ4n) is 2.44. The van der Waals surface area contributed by atoms with E-state index in [-0.39, 0.29) is 40.9 Å². The molecular weight excluding hydrogens is 336 g/mol. The van der Waals surface area contributed by atoms with Crippen LogP contribution in [0.15, 0.2) is 36.4 Å². The number of carbonyl (C=O) groups excluding carboxylic acids is 2. The molecule has 2 aromatic rings. The maximum absolute atomic E-state index is 12.5. The smallest absolute Gasteiger partial charge is 0.405 e. The molecule has 0 saturated heterocycles. The van der Waals surface area contributed by atoms with Crippen molar-refractivity contribution < 1.29 is 19.1 Å². The quantitative estimate of drug-likeness (QED) is 0.605. The summed E-state index contributed by atoms with van der Waals surface area (Å²) in [6, 6.07) is 9.93. The molecule has 0 spiro atoms. The molecule has 26 heavy (non-hydrogen) atoms. The Kier molecular flexibility index (Phi) is 6.11. The molecular formula is C18H19N4O4+. The molecule has 0 saturated carbocycles. The molecule has 1 amide bonds. The van der Waals surface area contributed by atoms with Gasteiger partial charge in [-0.25, -0.2) is 4.79 Å². The Morgan fingerprint density at radius 3 is 2.42 bits per heavy atom. The molecule has 0 heterocycles. The lowest BCUT2D eigenvalue weighted by Gasteiger charge is -2.16. The minimum Gasteiger partial charge on any atom is -0.494 e. The molecule has 0 aliphatic heterocycles. The predicted octanol–water partition coefficient (Wildman–Crippen LogP) is 3.65. The van der Waals surface area contributed by atoms with Crippen LogP contribution in [0.25, 0.3) is 4.98 Å². The number of nitrogens with zero attached hydrogens (tertiary/aromatic N) is 2. The van der Waals surface area contributed by atoms with Gasteiger partial charge in [0.15, 0.2) is 16.3 Å².